The summed E-state index contributed by atoms with van der Waals surface area (Å²) in [5.74, 6) is 0.499. The van der Waals surface area contributed by atoms with E-state index in [0.29, 0.717) is 30.4 Å². The Morgan fingerprint density at radius 1 is 1.26 bits per heavy atom. The van der Waals surface area contributed by atoms with E-state index in [1.165, 1.54) is 0 Å². The van der Waals surface area contributed by atoms with Gasteiger partial charge in [0.1, 0.15) is 13.2 Å². The zero-order valence-electron chi connectivity index (χ0n) is 10.1. The molecule has 2 aromatic rings. The molecule has 1 aromatic heterocycles. The molecule has 0 unspecified atom stereocenters. The third kappa shape index (κ3) is 2.37. The fourth-order valence-electron chi connectivity index (χ4n) is 1.93. The summed E-state index contributed by atoms with van der Waals surface area (Å²) in [6.45, 7) is 1.08. The molecule has 2 heterocycles. The zero-order valence-corrected chi connectivity index (χ0v) is 10.1. The van der Waals surface area contributed by atoms with Crippen LogP contribution < -0.4 is 9.47 Å². The summed E-state index contributed by atoms with van der Waals surface area (Å²) in [5.41, 5.74) is 1.32. The number of carboxylic acid groups (broad SMARTS) is 1. The number of carbonyl (C=O) groups is 1. The normalized spacial score (nSPS) is 13.3. The van der Waals surface area contributed by atoms with Crippen LogP contribution in [0, 0.1) is 0 Å². The first-order valence-electron chi connectivity index (χ1n) is 5.89. The van der Waals surface area contributed by atoms with Crippen molar-refractivity contribution >= 4 is 5.97 Å². The molecule has 6 nitrogen and oxygen atoms in total. The molecule has 0 saturated carbocycles. The van der Waals surface area contributed by atoms with Gasteiger partial charge in [0.2, 0.25) is 0 Å². The summed E-state index contributed by atoms with van der Waals surface area (Å²) < 4.78 is 12.6. The van der Waals surface area contributed by atoms with Crippen molar-refractivity contribution in [3.63, 3.8) is 0 Å². The Kier molecular flexibility index (Phi) is 2.83. The van der Waals surface area contributed by atoms with Crippen LogP contribution in [0.5, 0.6) is 11.5 Å². The van der Waals surface area contributed by atoms with Gasteiger partial charge in [-0.3, -0.25) is 4.79 Å². The van der Waals surface area contributed by atoms with E-state index in [2.05, 4.69) is 5.10 Å². The first-order valence-corrected chi connectivity index (χ1v) is 5.89. The lowest BCUT2D eigenvalue weighted by Gasteiger charge is -2.18. The standard InChI is InChI=1S/C13H12N2O4/c16-13(17)7-9-3-4-15(14-9)10-1-2-11-12(8-10)19-6-5-18-11/h1-4,8H,5-7H2,(H,16,17). The molecule has 1 aliphatic rings. The van der Waals surface area contributed by atoms with Gasteiger partial charge >= 0.3 is 5.97 Å². The van der Waals surface area contributed by atoms with E-state index >= 15 is 0 Å². The topological polar surface area (TPSA) is 73.6 Å². The van der Waals surface area contributed by atoms with Crippen molar-refractivity contribution < 1.29 is 19.4 Å². The summed E-state index contributed by atoms with van der Waals surface area (Å²) >= 11 is 0. The third-order valence-electron chi connectivity index (χ3n) is 2.77. The Morgan fingerprint density at radius 2 is 2.05 bits per heavy atom. The average Bonchev–Trinajstić information content (AvgIpc) is 2.86. The minimum atomic E-state index is -0.896. The number of aliphatic carboxylic acids is 1. The maximum atomic E-state index is 10.6. The number of nitrogens with zero attached hydrogens (tertiary/aromatic N) is 2. The highest BCUT2D eigenvalue weighted by Gasteiger charge is 2.13. The fourth-order valence-corrected chi connectivity index (χ4v) is 1.93. The molecule has 6 heteroatoms. The van der Waals surface area contributed by atoms with Crippen LogP contribution in [0.1, 0.15) is 5.69 Å². The van der Waals surface area contributed by atoms with E-state index in [0.717, 1.165) is 5.69 Å². The molecule has 0 saturated heterocycles. The maximum Gasteiger partial charge on any atom is 0.309 e. The van der Waals surface area contributed by atoms with Gasteiger partial charge in [0.15, 0.2) is 11.5 Å². The van der Waals surface area contributed by atoms with Gasteiger partial charge in [-0.1, -0.05) is 0 Å². The van der Waals surface area contributed by atoms with Gasteiger partial charge in [0.25, 0.3) is 0 Å². The van der Waals surface area contributed by atoms with Crippen molar-refractivity contribution in [3.05, 3.63) is 36.2 Å². The number of hydrogen-bond donors (Lipinski definition) is 1. The monoisotopic (exact) mass is 260 g/mol. The van der Waals surface area contributed by atoms with Gasteiger partial charge in [-0.2, -0.15) is 5.10 Å². The molecule has 0 bridgehead atoms. The number of rotatable bonds is 3. The fraction of sp³-hybridized carbons (Fsp3) is 0.231. The lowest BCUT2D eigenvalue weighted by atomic mass is 10.2. The molecule has 0 radical (unpaired) electrons. The molecule has 0 spiro atoms. The number of aromatic nitrogens is 2. The van der Waals surface area contributed by atoms with Crippen molar-refractivity contribution in [3.8, 4) is 17.2 Å². The maximum absolute atomic E-state index is 10.6. The van der Waals surface area contributed by atoms with Crippen molar-refractivity contribution in [1.29, 1.82) is 0 Å². The molecule has 1 aromatic carbocycles. The summed E-state index contributed by atoms with van der Waals surface area (Å²) in [4.78, 5) is 10.6. The average molecular weight is 260 g/mol. The third-order valence-corrected chi connectivity index (χ3v) is 2.77. The van der Waals surface area contributed by atoms with Gasteiger partial charge < -0.3 is 14.6 Å². The molecule has 98 valence electrons. The highest BCUT2D eigenvalue weighted by molar-refractivity contribution is 5.69. The number of benzene rings is 1. The molecule has 3 rings (SSSR count). The number of ether oxygens (including phenoxy) is 2. The molecule has 1 aliphatic heterocycles. The molecule has 1 N–H and O–H groups in total. The first-order chi connectivity index (χ1) is 9.22. The second-order valence-corrected chi connectivity index (χ2v) is 4.15. The van der Waals surface area contributed by atoms with E-state index in [1.807, 2.05) is 18.2 Å². The first kappa shape index (κ1) is 11.6. The van der Waals surface area contributed by atoms with Crippen LogP contribution in [-0.2, 0) is 11.2 Å². The summed E-state index contributed by atoms with van der Waals surface area (Å²) in [6, 6.07) is 7.18. The van der Waals surface area contributed by atoms with E-state index in [1.54, 1.807) is 16.9 Å². The molecule has 19 heavy (non-hydrogen) atoms. The van der Waals surface area contributed by atoms with Crippen molar-refractivity contribution in [2.24, 2.45) is 0 Å². The number of fused-ring (bicyclic) bond motifs is 1. The molecular formula is C13H12N2O4. The number of hydrogen-bond acceptors (Lipinski definition) is 4. The summed E-state index contributed by atoms with van der Waals surface area (Å²) in [6.07, 6.45) is 1.64. The predicted molar refractivity (Wildman–Crippen MR) is 65.9 cm³/mol. The van der Waals surface area contributed by atoms with Gasteiger partial charge in [-0.15, -0.1) is 0 Å². The summed E-state index contributed by atoms with van der Waals surface area (Å²) in [5, 5.41) is 12.9. The van der Waals surface area contributed by atoms with Crippen molar-refractivity contribution in [1.82, 2.24) is 9.78 Å². The van der Waals surface area contributed by atoms with Crippen LogP contribution in [0.15, 0.2) is 30.5 Å². The lowest BCUT2D eigenvalue weighted by Crippen LogP contribution is -2.15. The van der Waals surface area contributed by atoms with E-state index in [9.17, 15) is 4.79 Å². The minimum Gasteiger partial charge on any atom is -0.486 e. The van der Waals surface area contributed by atoms with Crippen molar-refractivity contribution in [2.45, 2.75) is 6.42 Å². The molecule has 0 atom stereocenters. The zero-order chi connectivity index (χ0) is 13.2. The predicted octanol–water partition coefficient (Wildman–Crippen LogP) is 1.27. The SMILES string of the molecule is O=C(O)Cc1ccn(-c2ccc3c(c2)OCCO3)n1. The van der Waals surface area contributed by atoms with Crippen LogP contribution in [0.2, 0.25) is 0 Å². The van der Waals surface area contributed by atoms with Crippen LogP contribution in [0.4, 0.5) is 0 Å². The largest absolute Gasteiger partial charge is 0.486 e. The Labute approximate surface area is 109 Å². The highest BCUT2D eigenvalue weighted by atomic mass is 16.6. The van der Waals surface area contributed by atoms with Crippen LogP contribution in [-0.4, -0.2) is 34.1 Å². The lowest BCUT2D eigenvalue weighted by molar-refractivity contribution is -0.136. The molecule has 0 aliphatic carbocycles. The van der Waals surface area contributed by atoms with E-state index in [4.69, 9.17) is 14.6 Å². The highest BCUT2D eigenvalue weighted by Crippen LogP contribution is 2.31. The second-order valence-electron chi connectivity index (χ2n) is 4.15. The Balaban J connectivity index is 1.89. The van der Waals surface area contributed by atoms with Gasteiger partial charge in [0.05, 0.1) is 17.8 Å². The summed E-state index contributed by atoms with van der Waals surface area (Å²) in [7, 11) is 0. The Bertz CT molecular complexity index is 621. The molecule has 0 amide bonds. The quantitative estimate of drug-likeness (QED) is 0.899. The van der Waals surface area contributed by atoms with Gasteiger partial charge in [-0.25, -0.2) is 4.68 Å². The second kappa shape index (κ2) is 4.64. The van der Waals surface area contributed by atoms with Crippen LogP contribution in [0.3, 0.4) is 0 Å². The Hall–Kier alpha value is -2.50. The molecular weight excluding hydrogens is 248 g/mol. The Morgan fingerprint density at radius 3 is 2.84 bits per heavy atom. The van der Waals surface area contributed by atoms with Gasteiger partial charge in [-0.05, 0) is 18.2 Å². The van der Waals surface area contributed by atoms with Crippen LogP contribution >= 0.6 is 0 Å². The van der Waals surface area contributed by atoms with E-state index in [-0.39, 0.29) is 6.42 Å². The van der Waals surface area contributed by atoms with Crippen molar-refractivity contribution in [2.75, 3.05) is 13.2 Å². The van der Waals surface area contributed by atoms with E-state index < -0.39 is 5.97 Å². The van der Waals surface area contributed by atoms with Gasteiger partial charge in [0, 0.05) is 12.3 Å². The molecule has 0 fully saturated rings. The van der Waals surface area contributed by atoms with Crippen LogP contribution in [0.25, 0.3) is 5.69 Å². The minimum absolute atomic E-state index is 0.0858. The number of carboxylic acids is 1. The smallest absolute Gasteiger partial charge is 0.309 e.